The molecule has 0 saturated carbocycles. The van der Waals surface area contributed by atoms with Crippen molar-refractivity contribution in [1.82, 2.24) is 0 Å². The van der Waals surface area contributed by atoms with Crippen LogP contribution in [0.3, 0.4) is 0 Å². The average Bonchev–Trinajstić information content (AvgIpc) is 2.64. The highest BCUT2D eigenvalue weighted by Gasteiger charge is 2.45. The van der Waals surface area contributed by atoms with Crippen LogP contribution in [0, 0.1) is 5.92 Å². The number of carboxylic acid groups (broad SMARTS) is 1. The van der Waals surface area contributed by atoms with Gasteiger partial charge in [-0.3, -0.25) is 4.79 Å². The van der Waals surface area contributed by atoms with E-state index in [2.05, 4.69) is 0 Å². The van der Waals surface area contributed by atoms with Crippen molar-refractivity contribution in [3.05, 3.63) is 23.8 Å². The van der Waals surface area contributed by atoms with Gasteiger partial charge in [0.2, 0.25) is 6.29 Å². The van der Waals surface area contributed by atoms with Crippen molar-refractivity contribution < 1.29 is 49.7 Å². The normalized spacial score (nSPS) is 30.8. The van der Waals surface area contributed by atoms with Gasteiger partial charge in [-0.25, -0.2) is 4.79 Å². The highest BCUT2D eigenvalue weighted by molar-refractivity contribution is 5.88. The zero-order chi connectivity index (χ0) is 21.4. The predicted molar refractivity (Wildman–Crippen MR) is 94.8 cm³/mol. The van der Waals surface area contributed by atoms with Crippen molar-refractivity contribution in [2.45, 2.75) is 63.5 Å². The Bertz CT molecular complexity index is 585. The van der Waals surface area contributed by atoms with E-state index in [1.807, 2.05) is 0 Å². The quantitative estimate of drug-likeness (QED) is 0.154. The van der Waals surface area contributed by atoms with Crippen molar-refractivity contribution in [1.29, 1.82) is 0 Å². The second-order valence-electron chi connectivity index (χ2n) is 6.76. The summed E-state index contributed by atoms with van der Waals surface area (Å²) in [5.41, 5.74) is 0.145. The summed E-state index contributed by atoms with van der Waals surface area (Å²) in [6.07, 6.45) is -3.95. The molecule has 0 unspecified atom stereocenters. The lowest BCUT2D eigenvalue weighted by Crippen LogP contribution is -2.59. The van der Waals surface area contributed by atoms with E-state index in [1.54, 1.807) is 13.0 Å². The molecule has 1 fully saturated rings. The van der Waals surface area contributed by atoms with E-state index >= 15 is 0 Å². The summed E-state index contributed by atoms with van der Waals surface area (Å²) in [5.74, 6) is -2.22. The second-order valence-corrected chi connectivity index (χ2v) is 6.76. The second kappa shape index (κ2) is 11.2. The van der Waals surface area contributed by atoms with E-state index in [0.29, 0.717) is 6.42 Å². The molecule has 28 heavy (non-hydrogen) atoms. The first kappa shape index (κ1) is 24.2. The molecule has 0 bridgehead atoms. The Labute approximate surface area is 162 Å². The number of esters is 1. The van der Waals surface area contributed by atoms with Gasteiger partial charge in [0.1, 0.15) is 24.4 Å². The molecule has 0 aromatic carbocycles. The third-order valence-electron chi connectivity index (χ3n) is 4.42. The number of aliphatic hydroxyl groups excluding tert-OH is 5. The number of aliphatic hydroxyl groups is 5. The van der Waals surface area contributed by atoms with Gasteiger partial charge in [0, 0.05) is 5.57 Å². The number of carbonyl (C=O) groups excluding carboxylic acids is 1. The smallest absolute Gasteiger partial charge is 0.336 e. The van der Waals surface area contributed by atoms with Crippen LogP contribution in [0.2, 0.25) is 0 Å². The van der Waals surface area contributed by atoms with Gasteiger partial charge in [-0.05, 0) is 19.3 Å². The number of hydrogen-bond donors (Lipinski definition) is 6. The third-order valence-corrected chi connectivity index (χ3v) is 4.42. The predicted octanol–water partition coefficient (Wildman–Crippen LogP) is -1.31. The molecule has 1 aliphatic rings. The van der Waals surface area contributed by atoms with E-state index in [-0.39, 0.29) is 17.9 Å². The summed E-state index contributed by atoms with van der Waals surface area (Å²) in [6.45, 7) is 2.50. The number of rotatable bonds is 9. The van der Waals surface area contributed by atoms with Gasteiger partial charge in [-0.1, -0.05) is 25.2 Å². The van der Waals surface area contributed by atoms with Crippen LogP contribution < -0.4 is 0 Å². The van der Waals surface area contributed by atoms with Crippen LogP contribution in [-0.2, 0) is 19.1 Å². The maximum Gasteiger partial charge on any atom is 0.336 e. The summed E-state index contributed by atoms with van der Waals surface area (Å²) >= 11 is 0. The van der Waals surface area contributed by atoms with Crippen molar-refractivity contribution in [3.8, 4) is 0 Å². The SMILES string of the molecule is C/C(=C\C=C\C[C@@H](C)[C@@H](O)CC(=O)O)C(=O)O[C@@H]1O[C@H](CO)[C@@H](O)[C@H](O)[C@H]1O. The minimum absolute atomic E-state index is 0.145. The number of aliphatic carboxylic acids is 1. The maximum atomic E-state index is 12.1. The van der Waals surface area contributed by atoms with Crippen molar-refractivity contribution in [2.24, 2.45) is 5.92 Å². The first-order chi connectivity index (χ1) is 13.1. The van der Waals surface area contributed by atoms with Crippen LogP contribution >= 0.6 is 0 Å². The number of carboxylic acids is 1. The number of hydrogen-bond acceptors (Lipinski definition) is 9. The molecule has 0 aromatic heterocycles. The number of carbonyl (C=O) groups is 2. The van der Waals surface area contributed by atoms with Gasteiger partial charge < -0.3 is 40.1 Å². The Morgan fingerprint density at radius 1 is 1.18 bits per heavy atom. The molecule has 160 valence electrons. The Balaban J connectivity index is 2.58. The van der Waals surface area contributed by atoms with E-state index < -0.39 is 55.4 Å². The largest absolute Gasteiger partial charge is 0.481 e. The Morgan fingerprint density at radius 3 is 2.39 bits per heavy atom. The molecule has 1 heterocycles. The van der Waals surface area contributed by atoms with Crippen molar-refractivity contribution >= 4 is 11.9 Å². The van der Waals surface area contributed by atoms with Gasteiger partial charge in [-0.15, -0.1) is 0 Å². The molecule has 0 aliphatic carbocycles. The van der Waals surface area contributed by atoms with Crippen molar-refractivity contribution in [2.75, 3.05) is 6.61 Å². The van der Waals surface area contributed by atoms with E-state index in [0.717, 1.165) is 0 Å². The highest BCUT2D eigenvalue weighted by atomic mass is 16.7. The summed E-state index contributed by atoms with van der Waals surface area (Å²) in [7, 11) is 0. The van der Waals surface area contributed by atoms with Crippen LogP contribution in [-0.4, -0.2) is 86.0 Å². The highest BCUT2D eigenvalue weighted by Crippen LogP contribution is 2.22. The van der Waals surface area contributed by atoms with Crippen LogP contribution in [0.5, 0.6) is 0 Å². The molecule has 7 atom stereocenters. The number of ether oxygens (including phenoxy) is 2. The topological polar surface area (TPSA) is 174 Å². The summed E-state index contributed by atoms with van der Waals surface area (Å²) in [5, 5.41) is 56.6. The molecule has 0 radical (unpaired) electrons. The summed E-state index contributed by atoms with van der Waals surface area (Å²) in [4.78, 5) is 22.6. The van der Waals surface area contributed by atoms with Crippen LogP contribution in [0.4, 0.5) is 0 Å². The molecule has 1 rings (SSSR count). The molecule has 0 amide bonds. The van der Waals surface area contributed by atoms with Crippen molar-refractivity contribution in [3.63, 3.8) is 0 Å². The van der Waals surface area contributed by atoms with E-state index in [1.165, 1.54) is 19.1 Å². The Hall–Kier alpha value is -1.82. The fourth-order valence-electron chi connectivity index (χ4n) is 2.47. The van der Waals surface area contributed by atoms with Crippen LogP contribution in [0.25, 0.3) is 0 Å². The van der Waals surface area contributed by atoms with Gasteiger partial charge >= 0.3 is 11.9 Å². The molecular weight excluding hydrogens is 376 g/mol. The van der Waals surface area contributed by atoms with Gasteiger partial charge in [-0.2, -0.15) is 0 Å². The monoisotopic (exact) mass is 404 g/mol. The summed E-state index contributed by atoms with van der Waals surface area (Å²) < 4.78 is 10.1. The van der Waals surface area contributed by atoms with E-state index in [9.17, 15) is 30.0 Å². The standard InChI is InChI=1S/C18H28O10/c1-9(11(20)7-13(21)22)5-3-4-6-10(2)17(26)28-18-16(25)15(24)14(23)12(8-19)27-18/h3-4,6,9,11-12,14-16,18-20,23-25H,5,7-8H2,1-2H3,(H,21,22)/b4-3+,10-6+/t9-,11+,12-,14-,15+,16-,18+/m1/s1. The first-order valence-electron chi connectivity index (χ1n) is 8.83. The Morgan fingerprint density at radius 2 is 1.82 bits per heavy atom. The lowest BCUT2D eigenvalue weighted by molar-refractivity contribution is -0.291. The minimum atomic E-state index is -1.68. The lowest BCUT2D eigenvalue weighted by atomic mass is 9.98. The van der Waals surface area contributed by atoms with Gasteiger partial charge in [0.25, 0.3) is 0 Å². The van der Waals surface area contributed by atoms with Crippen LogP contribution in [0.15, 0.2) is 23.8 Å². The molecule has 0 spiro atoms. The fourth-order valence-corrected chi connectivity index (χ4v) is 2.47. The zero-order valence-electron chi connectivity index (χ0n) is 15.7. The Kier molecular flexibility index (Phi) is 9.73. The zero-order valence-corrected chi connectivity index (χ0v) is 15.7. The molecule has 0 aromatic rings. The minimum Gasteiger partial charge on any atom is -0.481 e. The molecule has 1 aliphatic heterocycles. The first-order valence-corrected chi connectivity index (χ1v) is 8.83. The molecule has 6 N–H and O–H groups in total. The molecule has 10 heteroatoms. The van der Waals surface area contributed by atoms with Gasteiger partial charge in [0.05, 0.1) is 19.1 Å². The molecular formula is C18H28O10. The van der Waals surface area contributed by atoms with Gasteiger partial charge in [0.15, 0.2) is 0 Å². The lowest BCUT2D eigenvalue weighted by Gasteiger charge is -2.39. The summed E-state index contributed by atoms with van der Waals surface area (Å²) in [6, 6.07) is 0. The molecule has 1 saturated heterocycles. The number of allylic oxidation sites excluding steroid dienone is 3. The fraction of sp³-hybridized carbons (Fsp3) is 0.667. The van der Waals surface area contributed by atoms with Crippen LogP contribution in [0.1, 0.15) is 26.7 Å². The maximum absolute atomic E-state index is 12.1. The third kappa shape index (κ3) is 6.97. The average molecular weight is 404 g/mol. The molecule has 10 nitrogen and oxygen atoms in total. The van der Waals surface area contributed by atoms with E-state index in [4.69, 9.17) is 19.7 Å².